The van der Waals surface area contributed by atoms with Crippen molar-refractivity contribution in [1.82, 2.24) is 16.0 Å². The Bertz CT molecular complexity index is 153. The quantitative estimate of drug-likeness (QED) is 0.646. The SMILES string of the molecule is C1=CNN(NC2CCCCC2)C1. The highest BCUT2D eigenvalue weighted by molar-refractivity contribution is 4.87. The average molecular weight is 167 g/mol. The average Bonchev–Trinajstić information content (AvgIpc) is 2.59. The van der Waals surface area contributed by atoms with Gasteiger partial charge in [0.25, 0.3) is 0 Å². The zero-order chi connectivity index (χ0) is 8.23. The highest BCUT2D eigenvalue weighted by Gasteiger charge is 2.16. The summed E-state index contributed by atoms with van der Waals surface area (Å²) in [5, 5.41) is 2.07. The fraction of sp³-hybridized carbons (Fsp3) is 0.778. The van der Waals surface area contributed by atoms with Gasteiger partial charge in [-0.2, -0.15) is 5.12 Å². The van der Waals surface area contributed by atoms with Crippen LogP contribution in [0.3, 0.4) is 0 Å². The Kier molecular flexibility index (Phi) is 2.64. The summed E-state index contributed by atoms with van der Waals surface area (Å²) in [5.41, 5.74) is 6.62. The van der Waals surface area contributed by atoms with Crippen molar-refractivity contribution >= 4 is 0 Å². The largest absolute Gasteiger partial charge is 0.313 e. The van der Waals surface area contributed by atoms with Crippen LogP contribution in [0.4, 0.5) is 0 Å². The Balaban J connectivity index is 1.70. The van der Waals surface area contributed by atoms with E-state index in [2.05, 4.69) is 22.0 Å². The second kappa shape index (κ2) is 3.92. The maximum absolute atomic E-state index is 3.48. The van der Waals surface area contributed by atoms with E-state index in [0.717, 1.165) is 6.54 Å². The molecule has 0 aromatic carbocycles. The molecule has 1 aliphatic heterocycles. The van der Waals surface area contributed by atoms with Gasteiger partial charge in [0, 0.05) is 12.2 Å². The zero-order valence-electron chi connectivity index (χ0n) is 7.42. The molecular weight excluding hydrogens is 150 g/mol. The first kappa shape index (κ1) is 8.08. The molecule has 1 heterocycles. The molecule has 2 rings (SSSR count). The highest BCUT2D eigenvalue weighted by atomic mass is 15.7. The molecule has 68 valence electrons. The van der Waals surface area contributed by atoms with Crippen LogP contribution >= 0.6 is 0 Å². The van der Waals surface area contributed by atoms with E-state index in [1.807, 2.05) is 6.20 Å². The van der Waals surface area contributed by atoms with Gasteiger partial charge in [0.1, 0.15) is 0 Å². The molecule has 0 aromatic heterocycles. The molecule has 0 atom stereocenters. The minimum absolute atomic E-state index is 0.700. The molecule has 12 heavy (non-hydrogen) atoms. The van der Waals surface area contributed by atoms with Crippen molar-refractivity contribution in [3.05, 3.63) is 12.3 Å². The number of hydrogen-bond acceptors (Lipinski definition) is 3. The molecule has 2 aliphatic rings. The van der Waals surface area contributed by atoms with E-state index in [1.54, 1.807) is 0 Å². The fourth-order valence-corrected chi connectivity index (χ4v) is 1.90. The molecule has 2 N–H and O–H groups in total. The number of rotatable bonds is 2. The first-order chi connectivity index (χ1) is 5.95. The van der Waals surface area contributed by atoms with E-state index in [4.69, 9.17) is 0 Å². The van der Waals surface area contributed by atoms with Crippen LogP contribution in [0.1, 0.15) is 32.1 Å². The van der Waals surface area contributed by atoms with Crippen LogP contribution < -0.4 is 10.9 Å². The van der Waals surface area contributed by atoms with Crippen molar-refractivity contribution in [1.29, 1.82) is 0 Å². The van der Waals surface area contributed by atoms with E-state index in [9.17, 15) is 0 Å². The van der Waals surface area contributed by atoms with E-state index in [1.165, 1.54) is 32.1 Å². The van der Waals surface area contributed by atoms with E-state index < -0.39 is 0 Å². The van der Waals surface area contributed by atoms with Crippen molar-refractivity contribution in [2.45, 2.75) is 38.1 Å². The van der Waals surface area contributed by atoms with Gasteiger partial charge in [-0.25, -0.2) is 5.43 Å². The lowest BCUT2D eigenvalue weighted by molar-refractivity contribution is 0.127. The fourth-order valence-electron chi connectivity index (χ4n) is 1.90. The second-order valence-corrected chi connectivity index (χ2v) is 3.61. The van der Waals surface area contributed by atoms with Crippen LogP contribution in [0.5, 0.6) is 0 Å². The summed E-state index contributed by atoms with van der Waals surface area (Å²) in [6.07, 6.45) is 11.0. The Morgan fingerprint density at radius 3 is 2.75 bits per heavy atom. The Morgan fingerprint density at radius 1 is 1.25 bits per heavy atom. The van der Waals surface area contributed by atoms with Gasteiger partial charge < -0.3 is 5.43 Å². The van der Waals surface area contributed by atoms with Gasteiger partial charge in [0.15, 0.2) is 0 Å². The van der Waals surface area contributed by atoms with Crippen molar-refractivity contribution < 1.29 is 0 Å². The van der Waals surface area contributed by atoms with Crippen LogP contribution in [-0.4, -0.2) is 17.7 Å². The van der Waals surface area contributed by atoms with E-state index >= 15 is 0 Å². The topological polar surface area (TPSA) is 27.3 Å². The van der Waals surface area contributed by atoms with Crippen molar-refractivity contribution in [2.24, 2.45) is 0 Å². The summed E-state index contributed by atoms with van der Waals surface area (Å²) < 4.78 is 0. The van der Waals surface area contributed by atoms with Gasteiger partial charge >= 0.3 is 0 Å². The highest BCUT2D eigenvalue weighted by Crippen LogP contribution is 2.17. The number of nitrogens with zero attached hydrogens (tertiary/aromatic N) is 1. The summed E-state index contributed by atoms with van der Waals surface area (Å²) in [4.78, 5) is 0. The molecule has 0 unspecified atom stereocenters. The van der Waals surface area contributed by atoms with Gasteiger partial charge in [0.05, 0.1) is 6.54 Å². The van der Waals surface area contributed by atoms with Crippen molar-refractivity contribution in [3.8, 4) is 0 Å². The number of nitrogens with one attached hydrogen (secondary N) is 2. The first-order valence-corrected chi connectivity index (χ1v) is 4.90. The predicted octanol–water partition coefficient (Wildman–Crippen LogP) is 1.16. The molecular formula is C9H17N3. The summed E-state index contributed by atoms with van der Waals surface area (Å²) in [5.74, 6) is 0. The lowest BCUT2D eigenvalue weighted by Crippen LogP contribution is -2.48. The van der Waals surface area contributed by atoms with Crippen LogP contribution in [0.25, 0.3) is 0 Å². The van der Waals surface area contributed by atoms with E-state index in [-0.39, 0.29) is 0 Å². The van der Waals surface area contributed by atoms with Gasteiger partial charge in [-0.05, 0) is 18.9 Å². The van der Waals surface area contributed by atoms with Crippen LogP contribution in [0.2, 0.25) is 0 Å². The second-order valence-electron chi connectivity index (χ2n) is 3.61. The molecule has 1 saturated carbocycles. The van der Waals surface area contributed by atoms with Crippen molar-refractivity contribution in [3.63, 3.8) is 0 Å². The maximum Gasteiger partial charge on any atom is 0.0536 e. The number of hydrogen-bond donors (Lipinski definition) is 2. The molecule has 0 amide bonds. The Hall–Kier alpha value is -0.540. The minimum atomic E-state index is 0.700. The summed E-state index contributed by atoms with van der Waals surface area (Å²) in [7, 11) is 0. The van der Waals surface area contributed by atoms with Gasteiger partial charge in [-0.15, -0.1) is 0 Å². The minimum Gasteiger partial charge on any atom is -0.313 e. The third kappa shape index (κ3) is 1.99. The van der Waals surface area contributed by atoms with Crippen LogP contribution in [0, 0.1) is 0 Å². The molecule has 3 nitrogen and oxygen atoms in total. The summed E-state index contributed by atoms with van der Waals surface area (Å²) >= 11 is 0. The van der Waals surface area contributed by atoms with Gasteiger partial charge in [0.2, 0.25) is 0 Å². The Morgan fingerprint density at radius 2 is 2.08 bits per heavy atom. The molecule has 3 heteroatoms. The standard InChI is InChI=1S/C9H17N3/c1-2-5-9(6-3-1)11-12-8-4-7-10-12/h4,7,9-11H,1-3,5-6,8H2. The Labute approximate surface area is 73.8 Å². The molecule has 1 aliphatic carbocycles. The van der Waals surface area contributed by atoms with E-state index in [0.29, 0.717) is 6.04 Å². The first-order valence-electron chi connectivity index (χ1n) is 4.90. The molecule has 0 spiro atoms. The van der Waals surface area contributed by atoms with Gasteiger partial charge in [-0.3, -0.25) is 0 Å². The predicted molar refractivity (Wildman–Crippen MR) is 49.0 cm³/mol. The van der Waals surface area contributed by atoms with Crippen LogP contribution in [-0.2, 0) is 0 Å². The summed E-state index contributed by atoms with van der Waals surface area (Å²) in [6, 6.07) is 0.700. The maximum atomic E-state index is 3.48. The normalized spacial score (nSPS) is 26.0. The lowest BCUT2D eigenvalue weighted by atomic mass is 9.96. The third-order valence-corrected chi connectivity index (χ3v) is 2.58. The van der Waals surface area contributed by atoms with Gasteiger partial charge in [-0.1, -0.05) is 19.3 Å². The van der Waals surface area contributed by atoms with Crippen molar-refractivity contribution in [2.75, 3.05) is 6.54 Å². The molecule has 0 saturated heterocycles. The smallest absolute Gasteiger partial charge is 0.0536 e. The zero-order valence-corrected chi connectivity index (χ0v) is 7.42. The third-order valence-electron chi connectivity index (χ3n) is 2.58. The summed E-state index contributed by atoms with van der Waals surface area (Å²) in [6.45, 7) is 0.983. The number of hydrazine groups is 2. The molecule has 0 radical (unpaired) electrons. The molecule has 0 bridgehead atoms. The molecule has 0 aromatic rings. The monoisotopic (exact) mass is 167 g/mol. The molecule has 1 fully saturated rings. The van der Waals surface area contributed by atoms with Crippen LogP contribution in [0.15, 0.2) is 12.3 Å². The lowest BCUT2D eigenvalue weighted by Gasteiger charge is -2.28.